The van der Waals surface area contributed by atoms with Crippen LogP contribution in [0, 0.1) is 0 Å². The number of hydrogen-bond donors (Lipinski definition) is 0. The van der Waals surface area contributed by atoms with Crippen LogP contribution in [0.1, 0.15) is 31.7 Å². The maximum absolute atomic E-state index is 13.4. The Labute approximate surface area is 176 Å². The van der Waals surface area contributed by atoms with E-state index >= 15 is 0 Å². The van der Waals surface area contributed by atoms with Crippen LogP contribution in [0.25, 0.3) is 11.5 Å². The summed E-state index contributed by atoms with van der Waals surface area (Å²) in [4.78, 5) is 6.65. The molecule has 0 unspecified atom stereocenters. The lowest BCUT2D eigenvalue weighted by Gasteiger charge is -2.26. The van der Waals surface area contributed by atoms with Crippen LogP contribution >= 0.6 is 11.6 Å². The molecule has 7 heteroatoms. The van der Waals surface area contributed by atoms with Crippen LogP contribution in [0.2, 0.25) is 5.02 Å². The number of hydrogen-bond acceptors (Lipinski definition) is 5. The molecule has 1 aromatic heterocycles. The maximum atomic E-state index is 13.4. The van der Waals surface area contributed by atoms with Crippen LogP contribution in [-0.4, -0.2) is 26.5 Å². The number of benzene rings is 2. The van der Waals surface area contributed by atoms with E-state index in [2.05, 4.69) is 4.98 Å². The SMILES string of the molecule is CCc1ccc(S(=O)(=O)c2nc(-c3ccc(Cl)cc3)oc2N2CCCCC2)cc1. The average Bonchev–Trinajstić information content (AvgIpc) is 3.21. The van der Waals surface area contributed by atoms with E-state index in [-0.39, 0.29) is 15.8 Å². The molecule has 4 rings (SSSR count). The Morgan fingerprint density at radius 1 is 1.00 bits per heavy atom. The van der Waals surface area contributed by atoms with Gasteiger partial charge in [-0.05, 0) is 67.6 Å². The summed E-state index contributed by atoms with van der Waals surface area (Å²) in [6.45, 7) is 3.55. The van der Waals surface area contributed by atoms with Gasteiger partial charge in [0.2, 0.25) is 26.6 Å². The molecule has 29 heavy (non-hydrogen) atoms. The minimum Gasteiger partial charge on any atom is -0.419 e. The second-order valence-corrected chi connectivity index (χ2v) is 9.49. The lowest BCUT2D eigenvalue weighted by molar-refractivity contribution is 0.499. The zero-order chi connectivity index (χ0) is 20.4. The molecule has 0 spiro atoms. The number of sulfone groups is 1. The highest BCUT2D eigenvalue weighted by molar-refractivity contribution is 7.91. The monoisotopic (exact) mass is 430 g/mol. The molecular formula is C22H23ClN2O3S. The van der Waals surface area contributed by atoms with Gasteiger partial charge in [-0.3, -0.25) is 0 Å². The Balaban J connectivity index is 1.82. The van der Waals surface area contributed by atoms with Crippen molar-refractivity contribution < 1.29 is 12.8 Å². The van der Waals surface area contributed by atoms with Crippen molar-refractivity contribution in [1.82, 2.24) is 4.98 Å². The average molecular weight is 431 g/mol. The molecule has 0 saturated carbocycles. The second kappa shape index (κ2) is 8.20. The minimum atomic E-state index is -3.81. The molecule has 2 aromatic carbocycles. The first-order valence-electron chi connectivity index (χ1n) is 9.85. The van der Waals surface area contributed by atoms with Crippen molar-refractivity contribution in [2.75, 3.05) is 18.0 Å². The van der Waals surface area contributed by atoms with E-state index in [0.717, 1.165) is 44.3 Å². The van der Waals surface area contributed by atoms with Crippen LogP contribution in [-0.2, 0) is 16.3 Å². The largest absolute Gasteiger partial charge is 0.419 e. The molecule has 3 aromatic rings. The van der Waals surface area contributed by atoms with Crippen molar-refractivity contribution >= 4 is 27.3 Å². The van der Waals surface area contributed by atoms with E-state index in [1.165, 1.54) is 0 Å². The van der Waals surface area contributed by atoms with E-state index in [4.69, 9.17) is 16.0 Å². The van der Waals surface area contributed by atoms with Crippen LogP contribution in [0.4, 0.5) is 5.88 Å². The quantitative estimate of drug-likeness (QED) is 0.543. The molecule has 1 fully saturated rings. The molecule has 0 radical (unpaired) electrons. The Bertz CT molecular complexity index is 1080. The summed E-state index contributed by atoms with van der Waals surface area (Å²) in [7, 11) is -3.81. The molecule has 0 amide bonds. The third-order valence-corrected chi connectivity index (χ3v) is 7.13. The third kappa shape index (κ3) is 4.05. The van der Waals surface area contributed by atoms with Gasteiger partial charge in [0.25, 0.3) is 0 Å². The van der Waals surface area contributed by atoms with Gasteiger partial charge < -0.3 is 9.32 Å². The number of anilines is 1. The summed E-state index contributed by atoms with van der Waals surface area (Å²) in [6, 6.07) is 14.0. The third-order valence-electron chi connectivity index (χ3n) is 5.21. The van der Waals surface area contributed by atoms with E-state index in [1.54, 1.807) is 36.4 Å². The molecule has 0 bridgehead atoms. The zero-order valence-corrected chi connectivity index (χ0v) is 17.8. The number of aryl methyl sites for hydroxylation is 1. The Hall–Kier alpha value is -2.31. The van der Waals surface area contributed by atoms with E-state index < -0.39 is 9.84 Å². The number of nitrogens with zero attached hydrogens (tertiary/aromatic N) is 2. The number of halogens is 1. The van der Waals surface area contributed by atoms with Gasteiger partial charge >= 0.3 is 0 Å². The van der Waals surface area contributed by atoms with Gasteiger partial charge in [0, 0.05) is 23.7 Å². The summed E-state index contributed by atoms with van der Waals surface area (Å²) in [5, 5.41) is 0.578. The summed E-state index contributed by atoms with van der Waals surface area (Å²) < 4.78 is 32.9. The Kier molecular flexibility index (Phi) is 5.65. The van der Waals surface area contributed by atoms with Gasteiger partial charge in [-0.25, -0.2) is 8.42 Å². The highest BCUT2D eigenvalue weighted by Crippen LogP contribution is 2.36. The number of rotatable bonds is 5. The van der Waals surface area contributed by atoms with Crippen LogP contribution in [0.15, 0.2) is 62.9 Å². The van der Waals surface area contributed by atoms with Crippen LogP contribution in [0.3, 0.4) is 0 Å². The Morgan fingerprint density at radius 3 is 2.28 bits per heavy atom. The first kappa shape index (κ1) is 20.0. The maximum Gasteiger partial charge on any atom is 0.236 e. The van der Waals surface area contributed by atoms with Gasteiger partial charge in [0.15, 0.2) is 0 Å². The number of aromatic nitrogens is 1. The fourth-order valence-corrected chi connectivity index (χ4v) is 4.95. The normalized spacial score (nSPS) is 14.9. The highest BCUT2D eigenvalue weighted by atomic mass is 35.5. The minimum absolute atomic E-state index is 0.0198. The van der Waals surface area contributed by atoms with Crippen LogP contribution < -0.4 is 4.90 Å². The molecule has 0 aliphatic carbocycles. The van der Waals surface area contributed by atoms with E-state index in [0.29, 0.717) is 16.5 Å². The van der Waals surface area contributed by atoms with Crippen molar-refractivity contribution in [2.45, 2.75) is 42.5 Å². The molecule has 1 aliphatic heterocycles. The van der Waals surface area contributed by atoms with Crippen molar-refractivity contribution in [3.05, 3.63) is 59.1 Å². The Morgan fingerprint density at radius 2 is 1.66 bits per heavy atom. The molecule has 2 heterocycles. The standard InChI is InChI=1S/C22H23ClN2O3S/c1-2-16-6-12-19(13-7-16)29(26,27)21-22(25-14-4-3-5-15-25)28-20(24-21)17-8-10-18(23)11-9-17/h6-13H,2-5,14-15H2,1H3. The predicted octanol–water partition coefficient (Wildman–Crippen LogP) is 5.38. The molecule has 1 saturated heterocycles. The number of piperidine rings is 1. The fraction of sp³-hybridized carbons (Fsp3) is 0.318. The summed E-state index contributed by atoms with van der Waals surface area (Å²) in [6.07, 6.45) is 3.99. The lowest BCUT2D eigenvalue weighted by Crippen LogP contribution is -2.30. The van der Waals surface area contributed by atoms with Gasteiger partial charge in [-0.2, -0.15) is 4.98 Å². The molecule has 5 nitrogen and oxygen atoms in total. The first-order chi connectivity index (χ1) is 14.0. The highest BCUT2D eigenvalue weighted by Gasteiger charge is 2.32. The second-order valence-electron chi connectivity index (χ2n) is 7.18. The summed E-state index contributed by atoms with van der Waals surface area (Å²) >= 11 is 5.98. The van der Waals surface area contributed by atoms with Crippen molar-refractivity contribution in [2.24, 2.45) is 0 Å². The molecule has 0 N–H and O–H groups in total. The lowest BCUT2D eigenvalue weighted by atomic mass is 10.1. The van der Waals surface area contributed by atoms with Gasteiger partial charge in [-0.1, -0.05) is 30.7 Å². The fourth-order valence-electron chi connectivity index (χ4n) is 3.50. The summed E-state index contributed by atoms with van der Waals surface area (Å²) in [5.74, 6) is 0.611. The number of oxazole rings is 1. The topological polar surface area (TPSA) is 63.4 Å². The molecule has 0 atom stereocenters. The zero-order valence-electron chi connectivity index (χ0n) is 16.3. The molecule has 152 valence electrons. The molecule has 1 aliphatic rings. The van der Waals surface area contributed by atoms with Gasteiger partial charge in [-0.15, -0.1) is 0 Å². The van der Waals surface area contributed by atoms with Crippen LogP contribution in [0.5, 0.6) is 0 Å². The smallest absolute Gasteiger partial charge is 0.236 e. The van der Waals surface area contributed by atoms with Crippen molar-refractivity contribution in [3.8, 4) is 11.5 Å². The van der Waals surface area contributed by atoms with Gasteiger partial charge in [0.1, 0.15) is 0 Å². The summed E-state index contributed by atoms with van der Waals surface area (Å²) in [5.41, 5.74) is 1.78. The van der Waals surface area contributed by atoms with Crippen molar-refractivity contribution in [3.63, 3.8) is 0 Å². The van der Waals surface area contributed by atoms with Gasteiger partial charge in [0.05, 0.1) is 4.90 Å². The van der Waals surface area contributed by atoms with Crippen molar-refractivity contribution in [1.29, 1.82) is 0 Å². The molecular weight excluding hydrogens is 408 g/mol. The first-order valence-corrected chi connectivity index (χ1v) is 11.7. The van der Waals surface area contributed by atoms with E-state index in [1.807, 2.05) is 24.0 Å². The predicted molar refractivity (Wildman–Crippen MR) is 114 cm³/mol. The van der Waals surface area contributed by atoms with E-state index in [9.17, 15) is 8.42 Å².